The van der Waals surface area contributed by atoms with E-state index in [-0.39, 0.29) is 12.3 Å². The molecule has 1 fully saturated rings. The highest BCUT2D eigenvalue weighted by atomic mass is 16.5. The van der Waals surface area contributed by atoms with E-state index in [2.05, 4.69) is 5.32 Å². The van der Waals surface area contributed by atoms with Crippen molar-refractivity contribution in [3.05, 3.63) is 0 Å². The van der Waals surface area contributed by atoms with Gasteiger partial charge >= 0.3 is 5.97 Å². The maximum absolute atomic E-state index is 12.2. The monoisotopic (exact) mass is 271 g/mol. The number of hydrogen-bond acceptors (Lipinski definition) is 3. The van der Waals surface area contributed by atoms with Gasteiger partial charge in [-0.05, 0) is 45.4 Å². The fourth-order valence-corrected chi connectivity index (χ4v) is 2.60. The molecule has 1 aliphatic rings. The molecule has 0 aromatic rings. The maximum Gasteiger partial charge on any atom is 0.303 e. The second-order valence-corrected chi connectivity index (χ2v) is 5.09. The summed E-state index contributed by atoms with van der Waals surface area (Å²) < 4.78 is 5.67. The van der Waals surface area contributed by atoms with E-state index < -0.39 is 11.6 Å². The van der Waals surface area contributed by atoms with Crippen LogP contribution in [0.25, 0.3) is 0 Å². The molecule has 0 unspecified atom stereocenters. The zero-order chi connectivity index (χ0) is 14.1. The van der Waals surface area contributed by atoms with Gasteiger partial charge in [0.2, 0.25) is 0 Å². The lowest BCUT2D eigenvalue weighted by Gasteiger charge is -2.27. The predicted molar refractivity (Wildman–Crippen MR) is 71.9 cm³/mol. The molecule has 1 saturated carbocycles. The minimum absolute atomic E-state index is 0.00471. The summed E-state index contributed by atoms with van der Waals surface area (Å²) in [4.78, 5) is 22.5. The summed E-state index contributed by atoms with van der Waals surface area (Å²) >= 11 is 0. The largest absolute Gasteiger partial charge is 0.481 e. The van der Waals surface area contributed by atoms with Gasteiger partial charge in [0, 0.05) is 19.6 Å². The van der Waals surface area contributed by atoms with Crippen LogP contribution in [0.5, 0.6) is 0 Å². The number of amides is 1. The lowest BCUT2D eigenvalue weighted by atomic mass is 10.0. The van der Waals surface area contributed by atoms with Crippen LogP contribution in [0.2, 0.25) is 0 Å². The highest BCUT2D eigenvalue weighted by molar-refractivity contribution is 5.85. The third-order valence-electron chi connectivity index (χ3n) is 3.60. The number of unbranched alkanes of at least 4 members (excludes halogenated alkanes) is 2. The second kappa shape index (κ2) is 8.15. The molecule has 0 spiro atoms. The molecule has 0 saturated heterocycles. The number of carboxylic acids is 1. The average Bonchev–Trinajstić information content (AvgIpc) is 2.83. The number of hydrogen-bond donors (Lipinski definition) is 2. The smallest absolute Gasteiger partial charge is 0.303 e. The molecule has 0 radical (unpaired) electrons. The molecule has 5 nitrogen and oxygen atoms in total. The molecule has 1 aliphatic carbocycles. The highest BCUT2D eigenvalue weighted by Crippen LogP contribution is 2.33. The van der Waals surface area contributed by atoms with Crippen LogP contribution in [-0.4, -0.2) is 35.7 Å². The standard InChI is InChI=1S/C14H25NO4/c1-2-19-14(9-5-6-10-14)13(18)15-11-7-3-4-8-12(16)17/h2-11H2,1H3,(H,15,18)(H,16,17). The molecule has 0 bridgehead atoms. The minimum Gasteiger partial charge on any atom is -0.481 e. The first kappa shape index (κ1) is 16.0. The van der Waals surface area contributed by atoms with E-state index in [0.717, 1.165) is 38.5 Å². The number of ether oxygens (including phenoxy) is 1. The van der Waals surface area contributed by atoms with Crippen LogP contribution in [0.3, 0.4) is 0 Å². The zero-order valence-corrected chi connectivity index (χ0v) is 11.7. The van der Waals surface area contributed by atoms with E-state index in [4.69, 9.17) is 9.84 Å². The van der Waals surface area contributed by atoms with Crippen molar-refractivity contribution in [1.29, 1.82) is 0 Å². The van der Waals surface area contributed by atoms with Gasteiger partial charge in [-0.3, -0.25) is 9.59 Å². The summed E-state index contributed by atoms with van der Waals surface area (Å²) in [7, 11) is 0. The Morgan fingerprint density at radius 1 is 1.21 bits per heavy atom. The summed E-state index contributed by atoms with van der Waals surface area (Å²) in [5, 5.41) is 11.4. The Kier molecular flexibility index (Phi) is 6.84. The Hall–Kier alpha value is -1.10. The molecule has 0 heterocycles. The van der Waals surface area contributed by atoms with Crippen LogP contribution in [0, 0.1) is 0 Å². The van der Waals surface area contributed by atoms with Gasteiger partial charge in [0.25, 0.3) is 5.91 Å². The molecule has 1 amide bonds. The van der Waals surface area contributed by atoms with Crippen molar-refractivity contribution in [2.24, 2.45) is 0 Å². The average molecular weight is 271 g/mol. The molecular weight excluding hydrogens is 246 g/mol. The van der Waals surface area contributed by atoms with Crippen molar-refractivity contribution in [2.75, 3.05) is 13.2 Å². The SMILES string of the molecule is CCOC1(C(=O)NCCCCCC(=O)O)CCCC1. The van der Waals surface area contributed by atoms with Gasteiger partial charge < -0.3 is 15.2 Å². The maximum atomic E-state index is 12.2. The summed E-state index contributed by atoms with van der Waals surface area (Å²) in [5.41, 5.74) is -0.601. The van der Waals surface area contributed by atoms with Crippen molar-refractivity contribution in [1.82, 2.24) is 5.32 Å². The molecule has 19 heavy (non-hydrogen) atoms. The Bertz CT molecular complexity index is 298. The summed E-state index contributed by atoms with van der Waals surface area (Å²) in [6.07, 6.45) is 6.24. The molecule has 5 heteroatoms. The molecule has 2 N–H and O–H groups in total. The third kappa shape index (κ3) is 5.19. The van der Waals surface area contributed by atoms with Crippen molar-refractivity contribution in [3.63, 3.8) is 0 Å². The van der Waals surface area contributed by atoms with Crippen LogP contribution in [-0.2, 0) is 14.3 Å². The highest BCUT2D eigenvalue weighted by Gasteiger charge is 2.41. The zero-order valence-electron chi connectivity index (χ0n) is 11.7. The van der Waals surface area contributed by atoms with E-state index in [1.165, 1.54) is 0 Å². The fraction of sp³-hybridized carbons (Fsp3) is 0.857. The number of carboxylic acid groups (broad SMARTS) is 1. The molecule has 110 valence electrons. The van der Waals surface area contributed by atoms with Crippen LogP contribution in [0.15, 0.2) is 0 Å². The molecule has 0 aromatic heterocycles. The van der Waals surface area contributed by atoms with Crippen molar-refractivity contribution in [2.45, 2.75) is 63.9 Å². The first-order chi connectivity index (χ1) is 9.10. The van der Waals surface area contributed by atoms with Crippen molar-refractivity contribution < 1.29 is 19.4 Å². The van der Waals surface area contributed by atoms with Gasteiger partial charge in [-0.25, -0.2) is 0 Å². The number of nitrogens with one attached hydrogen (secondary N) is 1. The van der Waals surface area contributed by atoms with Gasteiger partial charge in [0.1, 0.15) is 5.60 Å². The lowest BCUT2D eigenvalue weighted by molar-refractivity contribution is -0.146. The van der Waals surface area contributed by atoms with Crippen LogP contribution >= 0.6 is 0 Å². The molecule has 0 atom stereocenters. The normalized spacial score (nSPS) is 17.3. The number of carbonyl (C=O) groups excluding carboxylic acids is 1. The van der Waals surface area contributed by atoms with Crippen molar-refractivity contribution in [3.8, 4) is 0 Å². The second-order valence-electron chi connectivity index (χ2n) is 5.09. The molecule has 0 aromatic carbocycles. The minimum atomic E-state index is -0.759. The fourth-order valence-electron chi connectivity index (χ4n) is 2.60. The number of rotatable bonds is 9. The van der Waals surface area contributed by atoms with Gasteiger partial charge in [0.05, 0.1) is 0 Å². The van der Waals surface area contributed by atoms with Crippen LogP contribution in [0.1, 0.15) is 58.3 Å². The summed E-state index contributed by atoms with van der Waals surface area (Å²) in [6.45, 7) is 3.08. The van der Waals surface area contributed by atoms with E-state index in [9.17, 15) is 9.59 Å². The quantitative estimate of drug-likeness (QED) is 0.630. The van der Waals surface area contributed by atoms with E-state index in [1.54, 1.807) is 0 Å². The Morgan fingerprint density at radius 3 is 2.47 bits per heavy atom. The van der Waals surface area contributed by atoms with Crippen LogP contribution in [0.4, 0.5) is 0 Å². The third-order valence-corrected chi connectivity index (χ3v) is 3.60. The molecule has 0 aliphatic heterocycles. The van der Waals surface area contributed by atoms with Crippen LogP contribution < -0.4 is 5.32 Å². The molecular formula is C14H25NO4. The first-order valence-electron chi connectivity index (χ1n) is 7.25. The van der Waals surface area contributed by atoms with Gasteiger partial charge in [-0.1, -0.05) is 6.42 Å². The predicted octanol–water partition coefficient (Wildman–Crippen LogP) is 2.10. The van der Waals surface area contributed by atoms with Crippen molar-refractivity contribution >= 4 is 11.9 Å². The Balaban J connectivity index is 2.20. The Labute approximate surface area is 114 Å². The molecule has 1 rings (SSSR count). The number of aliphatic carboxylic acids is 1. The summed E-state index contributed by atoms with van der Waals surface area (Å²) in [6, 6.07) is 0. The Morgan fingerprint density at radius 2 is 1.89 bits per heavy atom. The van der Waals surface area contributed by atoms with E-state index in [1.807, 2.05) is 6.92 Å². The van der Waals surface area contributed by atoms with Gasteiger partial charge in [-0.15, -0.1) is 0 Å². The van der Waals surface area contributed by atoms with E-state index >= 15 is 0 Å². The summed E-state index contributed by atoms with van der Waals surface area (Å²) in [5.74, 6) is -0.754. The topological polar surface area (TPSA) is 75.6 Å². The number of carbonyl (C=O) groups is 2. The lowest BCUT2D eigenvalue weighted by Crippen LogP contribution is -2.47. The van der Waals surface area contributed by atoms with Gasteiger partial charge in [-0.2, -0.15) is 0 Å². The van der Waals surface area contributed by atoms with E-state index in [0.29, 0.717) is 19.6 Å². The first-order valence-corrected chi connectivity index (χ1v) is 7.25. The van der Waals surface area contributed by atoms with Gasteiger partial charge in [0.15, 0.2) is 0 Å².